The predicted octanol–water partition coefficient (Wildman–Crippen LogP) is 5.28. The number of hydrogen-bond acceptors (Lipinski definition) is 1. The Morgan fingerprint density at radius 2 is 1.24 bits per heavy atom. The molecule has 1 nitrogen and oxygen atoms in total. The lowest BCUT2D eigenvalue weighted by molar-refractivity contribution is 0.287. The van der Waals surface area contributed by atoms with Crippen molar-refractivity contribution in [3.63, 3.8) is 0 Å². The molecule has 1 atom stereocenters. The highest BCUT2D eigenvalue weighted by Gasteiger charge is 2.18. The van der Waals surface area contributed by atoms with E-state index in [4.69, 9.17) is 5.73 Å². The molecule has 0 spiro atoms. The first-order valence-corrected chi connectivity index (χ1v) is 7.62. The quantitative estimate of drug-likeness (QED) is 0.517. The largest absolute Gasteiger partial charge is 0.325 e. The van der Waals surface area contributed by atoms with E-state index in [9.17, 15) is 0 Å². The fraction of sp³-hybridized carbons (Fsp3) is 1.00. The van der Waals surface area contributed by atoms with Crippen LogP contribution in [-0.2, 0) is 0 Å². The topological polar surface area (TPSA) is 26.0 Å². The molecule has 1 heteroatoms. The van der Waals surface area contributed by atoms with Gasteiger partial charge < -0.3 is 5.73 Å². The van der Waals surface area contributed by atoms with Crippen LogP contribution >= 0.6 is 0 Å². The Morgan fingerprint density at radius 3 is 1.76 bits per heavy atom. The molecule has 0 aromatic heterocycles. The van der Waals surface area contributed by atoms with E-state index in [0.29, 0.717) is 5.41 Å². The first-order valence-electron chi connectivity index (χ1n) is 7.62. The summed E-state index contributed by atoms with van der Waals surface area (Å²) in [6.07, 6.45) is 11.6. The van der Waals surface area contributed by atoms with Gasteiger partial charge in [0, 0.05) is 5.54 Å². The highest BCUT2D eigenvalue weighted by atomic mass is 14.7. The van der Waals surface area contributed by atoms with Crippen LogP contribution in [0.3, 0.4) is 0 Å². The SMILES string of the molecule is CCCC(C)(C)CCCCCC(C)(N)CCC. The molecule has 17 heavy (non-hydrogen) atoms. The van der Waals surface area contributed by atoms with Gasteiger partial charge in [-0.25, -0.2) is 0 Å². The number of rotatable bonds is 10. The molecule has 0 rings (SSSR count). The minimum absolute atomic E-state index is 0.0771. The standard InChI is InChI=1S/C16H35N/c1-6-11-15(3,4)13-9-8-10-14-16(5,17)12-7-2/h6-14,17H2,1-5H3. The molecule has 0 saturated heterocycles. The summed E-state index contributed by atoms with van der Waals surface area (Å²) in [6, 6.07) is 0. The van der Waals surface area contributed by atoms with Gasteiger partial charge in [-0.2, -0.15) is 0 Å². The summed E-state index contributed by atoms with van der Waals surface area (Å²) in [5.41, 5.74) is 6.87. The highest BCUT2D eigenvalue weighted by molar-refractivity contribution is 4.77. The van der Waals surface area contributed by atoms with Gasteiger partial charge in [0.15, 0.2) is 0 Å². The summed E-state index contributed by atoms with van der Waals surface area (Å²) in [6.45, 7) is 11.5. The lowest BCUT2D eigenvalue weighted by Gasteiger charge is -2.25. The van der Waals surface area contributed by atoms with Crippen molar-refractivity contribution in [2.75, 3.05) is 0 Å². The molecule has 1 unspecified atom stereocenters. The first-order chi connectivity index (χ1) is 7.83. The first kappa shape index (κ1) is 17.0. The van der Waals surface area contributed by atoms with Crippen molar-refractivity contribution in [1.29, 1.82) is 0 Å². The Hall–Kier alpha value is -0.0400. The molecular formula is C16H35N. The summed E-state index contributed by atoms with van der Waals surface area (Å²) in [5.74, 6) is 0. The lowest BCUT2D eigenvalue weighted by Crippen LogP contribution is -2.35. The Balaban J connectivity index is 3.58. The zero-order chi connectivity index (χ0) is 13.4. The smallest absolute Gasteiger partial charge is 0.0125 e. The van der Waals surface area contributed by atoms with Crippen LogP contribution in [0, 0.1) is 5.41 Å². The molecule has 0 heterocycles. The zero-order valence-corrected chi connectivity index (χ0v) is 12.9. The van der Waals surface area contributed by atoms with E-state index in [1.54, 1.807) is 0 Å². The average Bonchev–Trinajstić information content (AvgIpc) is 2.16. The second-order valence-corrected chi connectivity index (χ2v) is 6.88. The van der Waals surface area contributed by atoms with Gasteiger partial charge in [-0.05, 0) is 38.0 Å². The maximum Gasteiger partial charge on any atom is 0.0125 e. The number of hydrogen-bond donors (Lipinski definition) is 1. The van der Waals surface area contributed by atoms with Gasteiger partial charge in [0.05, 0.1) is 0 Å². The van der Waals surface area contributed by atoms with E-state index in [-0.39, 0.29) is 5.54 Å². The summed E-state index contributed by atoms with van der Waals surface area (Å²) < 4.78 is 0. The highest BCUT2D eigenvalue weighted by Crippen LogP contribution is 2.29. The Morgan fingerprint density at radius 1 is 0.706 bits per heavy atom. The third kappa shape index (κ3) is 9.64. The Kier molecular flexibility index (Phi) is 8.11. The van der Waals surface area contributed by atoms with E-state index in [1.807, 2.05) is 0 Å². The predicted molar refractivity (Wildman–Crippen MR) is 79.3 cm³/mol. The van der Waals surface area contributed by atoms with E-state index in [0.717, 1.165) is 6.42 Å². The molecule has 0 radical (unpaired) electrons. The van der Waals surface area contributed by atoms with Crippen molar-refractivity contribution in [2.24, 2.45) is 11.1 Å². The van der Waals surface area contributed by atoms with Crippen LogP contribution in [0.1, 0.15) is 92.4 Å². The van der Waals surface area contributed by atoms with Crippen molar-refractivity contribution < 1.29 is 0 Å². The van der Waals surface area contributed by atoms with E-state index < -0.39 is 0 Å². The summed E-state index contributed by atoms with van der Waals surface area (Å²) in [4.78, 5) is 0. The van der Waals surface area contributed by atoms with Gasteiger partial charge >= 0.3 is 0 Å². The van der Waals surface area contributed by atoms with Gasteiger partial charge in [0.2, 0.25) is 0 Å². The molecule has 0 amide bonds. The van der Waals surface area contributed by atoms with Crippen LogP contribution in [0.25, 0.3) is 0 Å². The van der Waals surface area contributed by atoms with E-state index >= 15 is 0 Å². The van der Waals surface area contributed by atoms with Crippen LogP contribution in [0.4, 0.5) is 0 Å². The summed E-state index contributed by atoms with van der Waals surface area (Å²) in [5, 5.41) is 0. The minimum Gasteiger partial charge on any atom is -0.325 e. The molecule has 2 N–H and O–H groups in total. The Labute approximate surface area is 110 Å². The van der Waals surface area contributed by atoms with Crippen molar-refractivity contribution >= 4 is 0 Å². The Bertz CT molecular complexity index is 162. The van der Waals surface area contributed by atoms with Crippen molar-refractivity contribution in [2.45, 2.75) is 97.9 Å². The van der Waals surface area contributed by atoms with Gasteiger partial charge in [0.1, 0.15) is 0 Å². The molecule has 0 aliphatic rings. The number of unbranched alkanes of at least 4 members (excludes halogenated alkanes) is 2. The molecule has 0 aromatic carbocycles. The van der Waals surface area contributed by atoms with Gasteiger partial charge in [-0.3, -0.25) is 0 Å². The van der Waals surface area contributed by atoms with Crippen molar-refractivity contribution in [1.82, 2.24) is 0 Å². The van der Waals surface area contributed by atoms with Crippen LogP contribution in [0.5, 0.6) is 0 Å². The maximum atomic E-state index is 6.24. The molecule has 0 aliphatic carbocycles. The van der Waals surface area contributed by atoms with Gasteiger partial charge in [-0.15, -0.1) is 0 Å². The third-order valence-corrected chi connectivity index (χ3v) is 3.85. The van der Waals surface area contributed by atoms with E-state index in [1.165, 1.54) is 51.4 Å². The van der Waals surface area contributed by atoms with Crippen LogP contribution in [-0.4, -0.2) is 5.54 Å². The second kappa shape index (κ2) is 8.13. The number of nitrogens with two attached hydrogens (primary N) is 1. The third-order valence-electron chi connectivity index (χ3n) is 3.85. The van der Waals surface area contributed by atoms with Crippen molar-refractivity contribution in [3.8, 4) is 0 Å². The molecule has 104 valence electrons. The zero-order valence-electron chi connectivity index (χ0n) is 12.9. The summed E-state index contributed by atoms with van der Waals surface area (Å²) >= 11 is 0. The van der Waals surface area contributed by atoms with Crippen LogP contribution < -0.4 is 5.73 Å². The summed E-state index contributed by atoms with van der Waals surface area (Å²) in [7, 11) is 0. The molecule has 0 aromatic rings. The van der Waals surface area contributed by atoms with Gasteiger partial charge in [-0.1, -0.05) is 59.8 Å². The van der Waals surface area contributed by atoms with Gasteiger partial charge in [0.25, 0.3) is 0 Å². The average molecular weight is 241 g/mol. The van der Waals surface area contributed by atoms with E-state index in [2.05, 4.69) is 34.6 Å². The minimum atomic E-state index is 0.0771. The lowest BCUT2D eigenvalue weighted by atomic mass is 9.82. The fourth-order valence-corrected chi connectivity index (χ4v) is 2.81. The molecular weight excluding hydrogens is 206 g/mol. The molecule has 0 bridgehead atoms. The molecule has 0 aliphatic heterocycles. The molecule has 0 fully saturated rings. The monoisotopic (exact) mass is 241 g/mol. The molecule has 0 saturated carbocycles. The maximum absolute atomic E-state index is 6.24. The van der Waals surface area contributed by atoms with Crippen molar-refractivity contribution in [3.05, 3.63) is 0 Å². The van der Waals surface area contributed by atoms with Crippen LogP contribution in [0.2, 0.25) is 0 Å². The second-order valence-electron chi connectivity index (χ2n) is 6.88. The normalized spacial score (nSPS) is 15.9. The van der Waals surface area contributed by atoms with Crippen LogP contribution in [0.15, 0.2) is 0 Å². The fourth-order valence-electron chi connectivity index (χ4n) is 2.81.